The molecule has 2 rings (SSSR count). The second-order valence-corrected chi connectivity index (χ2v) is 5.18. The zero-order chi connectivity index (χ0) is 16.8. The molecule has 0 heterocycles. The highest BCUT2D eigenvalue weighted by molar-refractivity contribution is 5.92. The van der Waals surface area contributed by atoms with E-state index >= 15 is 0 Å². The van der Waals surface area contributed by atoms with Crippen molar-refractivity contribution in [2.24, 2.45) is 0 Å². The first-order valence-corrected chi connectivity index (χ1v) is 7.25. The van der Waals surface area contributed by atoms with Crippen LogP contribution in [0.15, 0.2) is 36.4 Å². The van der Waals surface area contributed by atoms with Gasteiger partial charge in [-0.1, -0.05) is 12.1 Å². The minimum Gasteiger partial charge on any atom is -0.493 e. The second kappa shape index (κ2) is 7.54. The molecule has 0 radical (unpaired) electrons. The molecule has 122 valence electrons. The first kappa shape index (κ1) is 16.7. The Hall–Kier alpha value is -2.69. The van der Waals surface area contributed by atoms with E-state index in [4.69, 9.17) is 14.2 Å². The van der Waals surface area contributed by atoms with E-state index in [1.54, 1.807) is 32.4 Å². The summed E-state index contributed by atoms with van der Waals surface area (Å²) in [5.74, 6) is 1.64. The first-order valence-electron chi connectivity index (χ1n) is 7.25. The molecule has 2 aromatic rings. The Kier molecular flexibility index (Phi) is 5.46. The maximum absolute atomic E-state index is 12.0. The lowest BCUT2D eigenvalue weighted by molar-refractivity contribution is -0.118. The van der Waals surface area contributed by atoms with E-state index in [9.17, 15) is 4.79 Å². The van der Waals surface area contributed by atoms with Crippen LogP contribution in [0.4, 0.5) is 5.69 Å². The molecule has 2 aromatic carbocycles. The maximum atomic E-state index is 12.0. The molecule has 0 aliphatic rings. The van der Waals surface area contributed by atoms with Gasteiger partial charge in [0.2, 0.25) is 0 Å². The standard InChI is InChI=1S/C18H21NO4/c1-12-5-6-13(2)16(9-12)23-11-18(20)19-14-7-8-15(21-3)17(10-14)22-4/h5-10H,11H2,1-4H3,(H,19,20). The van der Waals surface area contributed by atoms with Crippen molar-refractivity contribution in [1.82, 2.24) is 0 Å². The SMILES string of the molecule is COc1ccc(NC(=O)COc2cc(C)ccc2C)cc1OC. The number of hydrogen-bond acceptors (Lipinski definition) is 4. The fourth-order valence-corrected chi connectivity index (χ4v) is 2.12. The molecule has 5 heteroatoms. The van der Waals surface area contributed by atoms with E-state index in [1.165, 1.54) is 0 Å². The van der Waals surface area contributed by atoms with E-state index in [-0.39, 0.29) is 12.5 Å². The predicted molar refractivity (Wildman–Crippen MR) is 89.6 cm³/mol. The number of anilines is 1. The highest BCUT2D eigenvalue weighted by Crippen LogP contribution is 2.29. The van der Waals surface area contributed by atoms with Crippen molar-refractivity contribution in [2.75, 3.05) is 26.1 Å². The minimum atomic E-state index is -0.238. The molecule has 23 heavy (non-hydrogen) atoms. The third-order valence-corrected chi connectivity index (χ3v) is 3.37. The van der Waals surface area contributed by atoms with Crippen molar-refractivity contribution < 1.29 is 19.0 Å². The largest absolute Gasteiger partial charge is 0.493 e. The van der Waals surface area contributed by atoms with Gasteiger partial charge in [0, 0.05) is 11.8 Å². The third kappa shape index (κ3) is 4.39. The molecule has 0 saturated carbocycles. The summed E-state index contributed by atoms with van der Waals surface area (Å²) in [7, 11) is 3.11. The zero-order valence-electron chi connectivity index (χ0n) is 13.8. The van der Waals surface area contributed by atoms with Crippen LogP contribution in [-0.4, -0.2) is 26.7 Å². The third-order valence-electron chi connectivity index (χ3n) is 3.37. The predicted octanol–water partition coefficient (Wildman–Crippen LogP) is 3.34. The number of methoxy groups -OCH3 is 2. The molecule has 0 atom stereocenters. The molecule has 0 spiro atoms. The molecule has 0 fully saturated rings. The van der Waals surface area contributed by atoms with Crippen LogP contribution < -0.4 is 19.5 Å². The number of amides is 1. The fourth-order valence-electron chi connectivity index (χ4n) is 2.12. The van der Waals surface area contributed by atoms with Gasteiger partial charge >= 0.3 is 0 Å². The van der Waals surface area contributed by atoms with E-state index in [0.717, 1.165) is 11.1 Å². The van der Waals surface area contributed by atoms with Crippen LogP contribution in [0.2, 0.25) is 0 Å². The van der Waals surface area contributed by atoms with Crippen LogP contribution in [0.5, 0.6) is 17.2 Å². The molecule has 0 aromatic heterocycles. The summed E-state index contributed by atoms with van der Waals surface area (Å²) in [6, 6.07) is 11.1. The highest BCUT2D eigenvalue weighted by atomic mass is 16.5. The Balaban J connectivity index is 1.98. The summed E-state index contributed by atoms with van der Waals surface area (Å²) in [6.45, 7) is 3.87. The fraction of sp³-hybridized carbons (Fsp3) is 0.278. The number of ether oxygens (including phenoxy) is 3. The topological polar surface area (TPSA) is 56.8 Å². The average Bonchev–Trinajstić information content (AvgIpc) is 2.55. The average molecular weight is 315 g/mol. The van der Waals surface area contributed by atoms with Crippen LogP contribution in [-0.2, 0) is 4.79 Å². The maximum Gasteiger partial charge on any atom is 0.262 e. The lowest BCUT2D eigenvalue weighted by atomic mass is 10.1. The van der Waals surface area contributed by atoms with E-state index in [2.05, 4.69) is 5.32 Å². The molecular weight excluding hydrogens is 294 g/mol. The van der Waals surface area contributed by atoms with Gasteiger partial charge in [0.25, 0.3) is 5.91 Å². The summed E-state index contributed by atoms with van der Waals surface area (Å²) >= 11 is 0. The molecule has 0 aliphatic heterocycles. The number of carbonyl (C=O) groups is 1. The molecule has 0 unspecified atom stereocenters. The number of nitrogens with one attached hydrogen (secondary N) is 1. The monoisotopic (exact) mass is 315 g/mol. The molecule has 0 saturated heterocycles. The number of hydrogen-bond donors (Lipinski definition) is 1. The van der Waals surface area contributed by atoms with E-state index in [1.807, 2.05) is 32.0 Å². The summed E-state index contributed by atoms with van der Waals surface area (Å²) in [4.78, 5) is 12.0. The van der Waals surface area contributed by atoms with Crippen molar-refractivity contribution in [3.63, 3.8) is 0 Å². The highest BCUT2D eigenvalue weighted by Gasteiger charge is 2.09. The lowest BCUT2D eigenvalue weighted by Gasteiger charge is -2.12. The molecule has 0 bridgehead atoms. The van der Waals surface area contributed by atoms with Crippen LogP contribution in [0.25, 0.3) is 0 Å². The summed E-state index contributed by atoms with van der Waals surface area (Å²) in [5.41, 5.74) is 2.71. The number of aryl methyl sites for hydroxylation is 2. The number of benzene rings is 2. The van der Waals surface area contributed by atoms with Gasteiger partial charge in [-0.3, -0.25) is 4.79 Å². The van der Waals surface area contributed by atoms with Crippen LogP contribution >= 0.6 is 0 Å². The van der Waals surface area contributed by atoms with Gasteiger partial charge in [-0.25, -0.2) is 0 Å². The van der Waals surface area contributed by atoms with Gasteiger partial charge in [0.1, 0.15) is 5.75 Å². The van der Waals surface area contributed by atoms with Crippen molar-refractivity contribution >= 4 is 11.6 Å². The Morgan fingerprint density at radius 3 is 2.39 bits per heavy atom. The van der Waals surface area contributed by atoms with Crippen LogP contribution in [0.3, 0.4) is 0 Å². The Morgan fingerprint density at radius 1 is 0.957 bits per heavy atom. The molecule has 0 aliphatic carbocycles. The zero-order valence-corrected chi connectivity index (χ0v) is 13.8. The molecule has 1 N–H and O–H groups in total. The van der Waals surface area contributed by atoms with Gasteiger partial charge < -0.3 is 19.5 Å². The molecule has 1 amide bonds. The van der Waals surface area contributed by atoms with Gasteiger partial charge in [-0.2, -0.15) is 0 Å². The van der Waals surface area contributed by atoms with E-state index in [0.29, 0.717) is 22.9 Å². The smallest absolute Gasteiger partial charge is 0.262 e. The normalized spacial score (nSPS) is 10.1. The second-order valence-electron chi connectivity index (χ2n) is 5.18. The number of rotatable bonds is 6. The molecule has 5 nitrogen and oxygen atoms in total. The quantitative estimate of drug-likeness (QED) is 0.888. The Labute approximate surface area is 136 Å². The van der Waals surface area contributed by atoms with Crippen molar-refractivity contribution in [2.45, 2.75) is 13.8 Å². The Bertz CT molecular complexity index is 697. The molecular formula is C18H21NO4. The van der Waals surface area contributed by atoms with Gasteiger partial charge in [-0.05, 0) is 43.2 Å². The van der Waals surface area contributed by atoms with Gasteiger partial charge in [-0.15, -0.1) is 0 Å². The van der Waals surface area contributed by atoms with Gasteiger partial charge in [0.05, 0.1) is 14.2 Å². The lowest BCUT2D eigenvalue weighted by Crippen LogP contribution is -2.20. The Morgan fingerprint density at radius 2 is 1.70 bits per heavy atom. The van der Waals surface area contributed by atoms with Gasteiger partial charge in [0.15, 0.2) is 18.1 Å². The van der Waals surface area contributed by atoms with Crippen molar-refractivity contribution in [3.05, 3.63) is 47.5 Å². The van der Waals surface area contributed by atoms with Crippen LogP contribution in [0, 0.1) is 13.8 Å². The van der Waals surface area contributed by atoms with Crippen molar-refractivity contribution in [1.29, 1.82) is 0 Å². The van der Waals surface area contributed by atoms with Crippen molar-refractivity contribution in [3.8, 4) is 17.2 Å². The summed E-state index contributed by atoms with van der Waals surface area (Å²) in [6.07, 6.45) is 0. The number of carbonyl (C=O) groups excluding carboxylic acids is 1. The summed E-state index contributed by atoms with van der Waals surface area (Å²) in [5, 5.41) is 2.77. The van der Waals surface area contributed by atoms with E-state index < -0.39 is 0 Å². The summed E-state index contributed by atoms with van der Waals surface area (Å²) < 4.78 is 16.0. The van der Waals surface area contributed by atoms with Crippen LogP contribution in [0.1, 0.15) is 11.1 Å². The first-order chi connectivity index (χ1) is 11.0. The minimum absolute atomic E-state index is 0.0569.